The molecule has 0 spiro atoms. The van der Waals surface area contributed by atoms with Crippen molar-refractivity contribution in [3.8, 4) is 0 Å². The zero-order valence-electron chi connectivity index (χ0n) is 23.1. The highest BCUT2D eigenvalue weighted by molar-refractivity contribution is 6.00. The first-order valence-corrected chi connectivity index (χ1v) is 12.1. The Labute approximate surface area is 205 Å². The lowest BCUT2D eigenvalue weighted by Gasteiger charge is -2.20. The third-order valence-corrected chi connectivity index (χ3v) is 6.47. The lowest BCUT2D eigenvalue weighted by Crippen LogP contribution is -2.18. The average Bonchev–Trinajstić information content (AvgIpc) is 3.19. The summed E-state index contributed by atoms with van der Waals surface area (Å²) in [7, 11) is 0. The van der Waals surface area contributed by atoms with Gasteiger partial charge >= 0.3 is 0 Å². The summed E-state index contributed by atoms with van der Waals surface area (Å²) in [4.78, 5) is 4.93. The second-order valence-electron chi connectivity index (χ2n) is 11.5. The van der Waals surface area contributed by atoms with E-state index in [9.17, 15) is 0 Å². The van der Waals surface area contributed by atoms with Crippen LogP contribution in [0, 0.1) is 27.7 Å². The van der Waals surface area contributed by atoms with E-state index < -0.39 is 0 Å². The van der Waals surface area contributed by atoms with Gasteiger partial charge in [0, 0.05) is 33.6 Å². The highest BCUT2D eigenvalue weighted by atomic mass is 15.4. The van der Waals surface area contributed by atoms with Crippen LogP contribution in [0.2, 0.25) is 0 Å². The maximum atomic E-state index is 4.99. The molecular formula is C29H41N5. The van der Waals surface area contributed by atoms with Crippen molar-refractivity contribution in [1.82, 2.24) is 14.3 Å². The quantitative estimate of drug-likeness (QED) is 0.385. The minimum absolute atomic E-state index is 0.00115. The summed E-state index contributed by atoms with van der Waals surface area (Å²) < 4.78 is 4.14. The summed E-state index contributed by atoms with van der Waals surface area (Å²) in [5.41, 5.74) is 10.7. The molecule has 0 bridgehead atoms. The summed E-state index contributed by atoms with van der Waals surface area (Å²) in [6.07, 6.45) is 0. The summed E-state index contributed by atoms with van der Waals surface area (Å²) in [6, 6.07) is 10.5. The summed E-state index contributed by atoms with van der Waals surface area (Å²) in [5, 5.41) is 9.98. The summed E-state index contributed by atoms with van der Waals surface area (Å²) in [6.45, 7) is 25.9. The van der Waals surface area contributed by atoms with Crippen LogP contribution < -0.4 is 0 Å². The molecule has 0 N–H and O–H groups in total. The normalized spacial score (nSPS) is 13.6. The monoisotopic (exact) mass is 459 g/mol. The van der Waals surface area contributed by atoms with Gasteiger partial charge in [-0.15, -0.1) is 0 Å². The van der Waals surface area contributed by atoms with Crippen LogP contribution in [0.1, 0.15) is 101 Å². The topological polar surface area (TPSA) is 47.5 Å². The largest absolute Gasteiger partial charge is 0.245 e. The van der Waals surface area contributed by atoms with Gasteiger partial charge in [-0.2, -0.15) is 10.2 Å². The molecule has 34 heavy (non-hydrogen) atoms. The Kier molecular flexibility index (Phi) is 6.80. The molecule has 5 nitrogen and oxygen atoms in total. The van der Waals surface area contributed by atoms with E-state index in [4.69, 9.17) is 15.2 Å². The number of hydrogen-bond acceptors (Lipinski definition) is 3. The van der Waals surface area contributed by atoms with Gasteiger partial charge in [0.1, 0.15) is 0 Å². The van der Waals surface area contributed by atoms with Crippen molar-refractivity contribution < 1.29 is 0 Å². The minimum Gasteiger partial charge on any atom is -0.245 e. The number of hydrogen-bond donors (Lipinski definition) is 0. The molecule has 0 fully saturated rings. The van der Waals surface area contributed by atoms with Crippen LogP contribution >= 0.6 is 0 Å². The van der Waals surface area contributed by atoms with Crippen LogP contribution in [0.25, 0.3) is 0 Å². The van der Waals surface area contributed by atoms with Crippen LogP contribution in [0.4, 0.5) is 0 Å². The molecule has 0 radical (unpaired) electrons. The number of nitrogens with zero attached hydrogens (tertiary/aromatic N) is 5. The second kappa shape index (κ2) is 9.01. The van der Waals surface area contributed by atoms with Crippen molar-refractivity contribution in [2.75, 3.05) is 0 Å². The Morgan fingerprint density at radius 3 is 1.35 bits per heavy atom. The van der Waals surface area contributed by atoms with E-state index >= 15 is 0 Å². The van der Waals surface area contributed by atoms with E-state index in [0.717, 1.165) is 34.2 Å². The predicted molar refractivity (Wildman–Crippen MR) is 145 cm³/mol. The number of aryl methyl sites for hydroxylation is 2. The lowest BCUT2D eigenvalue weighted by atomic mass is 9.92. The fourth-order valence-corrected chi connectivity index (χ4v) is 4.00. The van der Waals surface area contributed by atoms with Gasteiger partial charge in [-0.1, -0.05) is 47.6 Å². The Balaban J connectivity index is 2.05. The molecule has 0 atom stereocenters. The van der Waals surface area contributed by atoms with Gasteiger partial charge in [-0.3, -0.25) is 0 Å². The first-order valence-electron chi connectivity index (χ1n) is 12.1. The molecule has 0 unspecified atom stereocenters. The van der Waals surface area contributed by atoms with Crippen molar-refractivity contribution in [2.24, 2.45) is 10.2 Å². The zero-order valence-corrected chi connectivity index (χ0v) is 23.1. The van der Waals surface area contributed by atoms with E-state index in [2.05, 4.69) is 90.7 Å². The summed E-state index contributed by atoms with van der Waals surface area (Å²) >= 11 is 0. The molecule has 0 saturated heterocycles. The average molecular weight is 460 g/mol. The molecule has 3 heterocycles. The highest BCUT2D eigenvalue weighted by Crippen LogP contribution is 2.28. The Bertz CT molecular complexity index is 1170. The van der Waals surface area contributed by atoms with Crippen molar-refractivity contribution in [3.05, 3.63) is 75.6 Å². The second-order valence-corrected chi connectivity index (χ2v) is 11.5. The first-order chi connectivity index (χ1) is 15.6. The minimum atomic E-state index is -0.00115. The maximum absolute atomic E-state index is 4.99. The van der Waals surface area contributed by atoms with Crippen LogP contribution in [-0.4, -0.2) is 25.8 Å². The molecular weight excluding hydrogens is 418 g/mol. The molecule has 0 saturated carbocycles. The van der Waals surface area contributed by atoms with E-state index in [0.29, 0.717) is 0 Å². The van der Waals surface area contributed by atoms with E-state index in [1.165, 1.54) is 22.5 Å². The van der Waals surface area contributed by atoms with E-state index in [-0.39, 0.29) is 10.8 Å². The number of aromatic nitrogens is 3. The predicted octanol–water partition coefficient (Wildman–Crippen LogP) is 7.06. The SMILES string of the molecule is C/C(=N\n1c(C(C)(C)C)cc(C)c1C)c1cccc(/C(C)=N/n2c(C(C)(C)C)cc(C)c2C)n1. The van der Waals surface area contributed by atoms with Crippen LogP contribution in [0.5, 0.6) is 0 Å². The Hall–Kier alpha value is -2.95. The highest BCUT2D eigenvalue weighted by Gasteiger charge is 2.23. The fourth-order valence-electron chi connectivity index (χ4n) is 4.00. The molecule has 0 aliphatic carbocycles. The molecule has 0 amide bonds. The number of rotatable bonds is 4. The molecule has 3 aromatic heterocycles. The zero-order chi connectivity index (χ0) is 25.6. The molecule has 0 aromatic carbocycles. The van der Waals surface area contributed by atoms with Gasteiger partial charge in [0.15, 0.2) is 0 Å². The van der Waals surface area contributed by atoms with Crippen molar-refractivity contribution >= 4 is 11.4 Å². The number of pyridine rings is 1. The molecule has 3 aromatic rings. The third-order valence-electron chi connectivity index (χ3n) is 6.47. The van der Waals surface area contributed by atoms with Gasteiger partial charge in [0.25, 0.3) is 0 Å². The van der Waals surface area contributed by atoms with Gasteiger partial charge < -0.3 is 0 Å². The standard InChI is InChI=1S/C29H41N5/c1-18-16-26(28(7,8)9)33(22(18)5)31-20(3)24-14-13-15-25(30-24)21(4)32-34-23(6)19(2)17-27(34)29(10,11)12/h13-17H,1-12H3/b31-20+,32-21+. The fraction of sp³-hybridized carbons (Fsp3) is 0.483. The van der Waals surface area contributed by atoms with Crippen LogP contribution in [-0.2, 0) is 10.8 Å². The molecule has 182 valence electrons. The molecule has 5 heteroatoms. The van der Waals surface area contributed by atoms with Gasteiger partial charge in [-0.05, 0) is 76.9 Å². The van der Waals surface area contributed by atoms with Gasteiger partial charge in [0.2, 0.25) is 0 Å². The van der Waals surface area contributed by atoms with Crippen LogP contribution in [0.15, 0.2) is 40.5 Å². The van der Waals surface area contributed by atoms with Crippen LogP contribution in [0.3, 0.4) is 0 Å². The van der Waals surface area contributed by atoms with Gasteiger partial charge in [-0.25, -0.2) is 14.3 Å². The van der Waals surface area contributed by atoms with Gasteiger partial charge in [0.05, 0.1) is 22.8 Å². The lowest BCUT2D eigenvalue weighted by molar-refractivity contribution is 0.535. The van der Waals surface area contributed by atoms with Crippen molar-refractivity contribution in [1.29, 1.82) is 0 Å². The summed E-state index contributed by atoms with van der Waals surface area (Å²) in [5.74, 6) is 0. The maximum Gasteiger partial charge on any atom is 0.0867 e. The molecule has 3 rings (SSSR count). The Morgan fingerprint density at radius 1 is 0.676 bits per heavy atom. The molecule has 0 aliphatic heterocycles. The van der Waals surface area contributed by atoms with Crippen molar-refractivity contribution in [2.45, 2.75) is 93.9 Å². The van der Waals surface area contributed by atoms with E-state index in [1.807, 2.05) is 32.0 Å². The third kappa shape index (κ3) is 5.08. The Morgan fingerprint density at radius 2 is 1.03 bits per heavy atom. The molecule has 0 aliphatic rings. The smallest absolute Gasteiger partial charge is 0.0867 e. The van der Waals surface area contributed by atoms with E-state index in [1.54, 1.807) is 0 Å². The van der Waals surface area contributed by atoms with Crippen molar-refractivity contribution in [3.63, 3.8) is 0 Å². The first kappa shape index (κ1) is 25.7.